The summed E-state index contributed by atoms with van der Waals surface area (Å²) < 4.78 is 5.27. The lowest BCUT2D eigenvalue weighted by atomic mass is 10.0. The lowest BCUT2D eigenvalue weighted by Crippen LogP contribution is -2.45. The van der Waals surface area contributed by atoms with E-state index in [1.165, 1.54) is 41.4 Å². The van der Waals surface area contributed by atoms with Crippen LogP contribution in [0.5, 0.6) is 0 Å². The minimum Gasteiger partial charge on any atom is -0.460 e. The van der Waals surface area contributed by atoms with E-state index in [1.807, 2.05) is 32.2 Å². The van der Waals surface area contributed by atoms with Crippen LogP contribution in [0.1, 0.15) is 42.7 Å². The smallest absolute Gasteiger partial charge is 0.329 e. The van der Waals surface area contributed by atoms with Crippen molar-refractivity contribution in [1.82, 2.24) is 15.3 Å². The summed E-state index contributed by atoms with van der Waals surface area (Å²) in [7, 11) is 0. The lowest BCUT2D eigenvalue weighted by Gasteiger charge is -2.20. The first kappa shape index (κ1) is 24.2. The van der Waals surface area contributed by atoms with Gasteiger partial charge in [-0.15, -0.1) is 22.7 Å². The summed E-state index contributed by atoms with van der Waals surface area (Å²) in [6, 6.07) is -0.772. The van der Waals surface area contributed by atoms with E-state index in [9.17, 15) is 14.4 Å². The molecule has 0 aromatic carbocycles. The fourth-order valence-electron chi connectivity index (χ4n) is 2.35. The van der Waals surface area contributed by atoms with Crippen molar-refractivity contribution in [2.75, 3.05) is 12.4 Å². The number of thiazole rings is 2. The number of rotatable bonds is 10. The quantitative estimate of drug-likeness (QED) is 0.319. The molecule has 0 unspecified atom stereocenters. The van der Waals surface area contributed by atoms with Crippen molar-refractivity contribution < 1.29 is 19.1 Å². The molecule has 2 rings (SSSR count). The van der Waals surface area contributed by atoms with E-state index in [-0.39, 0.29) is 23.3 Å². The van der Waals surface area contributed by atoms with E-state index in [0.29, 0.717) is 10.8 Å². The van der Waals surface area contributed by atoms with Gasteiger partial charge in [0.2, 0.25) is 0 Å². The second-order valence-corrected chi connectivity index (χ2v) is 9.91. The maximum Gasteiger partial charge on any atom is 0.329 e. The van der Waals surface area contributed by atoms with E-state index in [1.54, 1.807) is 11.5 Å². The first-order valence-electron chi connectivity index (χ1n) is 9.41. The number of thioether (sulfide) groups is 1. The predicted molar refractivity (Wildman–Crippen MR) is 122 cm³/mol. The Kier molecular flexibility index (Phi) is 9.67. The van der Waals surface area contributed by atoms with E-state index >= 15 is 0 Å². The second kappa shape index (κ2) is 12.0. The zero-order valence-electron chi connectivity index (χ0n) is 17.3. The Bertz CT molecular complexity index is 905. The fourth-order valence-corrected chi connectivity index (χ4v) is 4.32. The minimum absolute atomic E-state index is 0.0827. The second-order valence-electron chi connectivity index (χ2n) is 6.71. The minimum atomic E-state index is -0.772. The Hall–Kier alpha value is -2.04. The van der Waals surface area contributed by atoms with Crippen molar-refractivity contribution in [3.05, 3.63) is 33.6 Å². The third-order valence-corrected chi connectivity index (χ3v) is 6.35. The maximum atomic E-state index is 12.6. The standard InChI is InChI=1S/C20H25N3O4S3/c1-12(2)17(20(26)27-8-6-5-7-9-28-14(4)24)23-18(25)15-10-30-19(22-15)16-11-29-13(3)21-16/h5-6,10-12,17H,7-9H2,1-4H3,(H,23,25)/b6-5+/t17-/m0/s1. The monoisotopic (exact) mass is 467 g/mol. The molecule has 0 bridgehead atoms. The summed E-state index contributed by atoms with van der Waals surface area (Å²) in [6.45, 7) is 7.24. The number of ether oxygens (including phenoxy) is 1. The maximum absolute atomic E-state index is 12.6. The Labute approximate surface area is 188 Å². The Morgan fingerprint density at radius 2 is 1.97 bits per heavy atom. The van der Waals surface area contributed by atoms with Gasteiger partial charge in [-0.1, -0.05) is 37.8 Å². The number of carbonyl (C=O) groups excluding carboxylic acids is 3. The van der Waals surface area contributed by atoms with E-state index in [2.05, 4.69) is 15.3 Å². The van der Waals surface area contributed by atoms with Gasteiger partial charge < -0.3 is 10.1 Å². The molecule has 2 heterocycles. The van der Waals surface area contributed by atoms with Gasteiger partial charge in [-0.25, -0.2) is 14.8 Å². The molecule has 2 aromatic rings. The summed E-state index contributed by atoms with van der Waals surface area (Å²) >= 11 is 4.12. The fraction of sp³-hybridized carbons (Fsp3) is 0.450. The highest BCUT2D eigenvalue weighted by Gasteiger charge is 2.27. The number of hydrogen-bond acceptors (Lipinski definition) is 9. The molecule has 0 saturated heterocycles. The zero-order valence-corrected chi connectivity index (χ0v) is 19.8. The number of amides is 1. The van der Waals surface area contributed by atoms with Gasteiger partial charge in [-0.3, -0.25) is 9.59 Å². The highest BCUT2D eigenvalue weighted by atomic mass is 32.2. The molecule has 1 atom stereocenters. The molecule has 0 aliphatic heterocycles. The highest BCUT2D eigenvalue weighted by molar-refractivity contribution is 8.13. The molecule has 1 amide bonds. The van der Waals surface area contributed by atoms with Gasteiger partial charge >= 0.3 is 5.97 Å². The molecule has 0 aliphatic carbocycles. The largest absolute Gasteiger partial charge is 0.460 e. The zero-order chi connectivity index (χ0) is 22.1. The van der Waals surface area contributed by atoms with E-state index in [0.717, 1.165) is 17.1 Å². The third-order valence-electron chi connectivity index (χ3n) is 3.86. The third kappa shape index (κ3) is 7.66. The molecule has 0 radical (unpaired) electrons. The van der Waals surface area contributed by atoms with Crippen molar-refractivity contribution >= 4 is 51.4 Å². The number of carbonyl (C=O) groups is 3. The van der Waals surface area contributed by atoms with Gasteiger partial charge in [0, 0.05) is 23.4 Å². The van der Waals surface area contributed by atoms with Gasteiger partial charge in [0.15, 0.2) is 5.12 Å². The Morgan fingerprint density at radius 1 is 1.20 bits per heavy atom. The van der Waals surface area contributed by atoms with Gasteiger partial charge in [0.25, 0.3) is 5.91 Å². The molecule has 0 spiro atoms. The number of hydrogen-bond donors (Lipinski definition) is 1. The molecular formula is C20H25N3O4S3. The highest BCUT2D eigenvalue weighted by Crippen LogP contribution is 2.25. The van der Waals surface area contributed by atoms with Crippen molar-refractivity contribution in [3.8, 4) is 10.7 Å². The number of esters is 1. The van der Waals surface area contributed by atoms with Crippen LogP contribution in [0, 0.1) is 12.8 Å². The molecule has 30 heavy (non-hydrogen) atoms. The first-order valence-corrected chi connectivity index (χ1v) is 12.2. The van der Waals surface area contributed by atoms with Crippen LogP contribution in [0.25, 0.3) is 10.7 Å². The Balaban J connectivity index is 1.87. The molecule has 10 heteroatoms. The normalized spacial score (nSPS) is 12.3. The SMILES string of the molecule is CC(=O)SCC/C=C/COC(=O)[C@@H](NC(=O)c1csc(-c2csc(C)n2)n1)C(C)C. The first-order chi connectivity index (χ1) is 14.3. The average Bonchev–Trinajstić information content (AvgIpc) is 3.33. The van der Waals surface area contributed by atoms with Crippen LogP contribution in [-0.4, -0.2) is 45.4 Å². The van der Waals surface area contributed by atoms with Crippen LogP contribution in [0.2, 0.25) is 0 Å². The van der Waals surface area contributed by atoms with Crippen LogP contribution in [0.3, 0.4) is 0 Å². The number of aryl methyl sites for hydroxylation is 1. The molecule has 7 nitrogen and oxygen atoms in total. The number of aromatic nitrogens is 2. The summed E-state index contributed by atoms with van der Waals surface area (Å²) in [5, 5.41) is 7.96. The topological polar surface area (TPSA) is 98.2 Å². The number of allylic oxidation sites excluding steroid dienone is 1. The molecule has 162 valence electrons. The van der Waals surface area contributed by atoms with Crippen molar-refractivity contribution in [2.45, 2.75) is 40.2 Å². The molecule has 0 saturated carbocycles. The summed E-state index contributed by atoms with van der Waals surface area (Å²) in [6.07, 6.45) is 4.32. The van der Waals surface area contributed by atoms with Gasteiger partial charge in [0.1, 0.15) is 29.0 Å². The van der Waals surface area contributed by atoms with Crippen LogP contribution in [0.4, 0.5) is 0 Å². The Morgan fingerprint density at radius 3 is 2.60 bits per heavy atom. The van der Waals surface area contributed by atoms with Crippen LogP contribution >= 0.6 is 34.4 Å². The molecule has 1 N–H and O–H groups in total. The van der Waals surface area contributed by atoms with Crippen LogP contribution in [-0.2, 0) is 14.3 Å². The van der Waals surface area contributed by atoms with E-state index < -0.39 is 17.9 Å². The van der Waals surface area contributed by atoms with Crippen LogP contribution < -0.4 is 5.32 Å². The average molecular weight is 468 g/mol. The van der Waals surface area contributed by atoms with Crippen molar-refractivity contribution in [1.29, 1.82) is 0 Å². The summed E-state index contributed by atoms with van der Waals surface area (Å²) in [5.74, 6) is -0.360. The number of nitrogens with one attached hydrogen (secondary N) is 1. The molecular weight excluding hydrogens is 442 g/mol. The molecule has 0 fully saturated rings. The number of nitrogens with zero attached hydrogens (tertiary/aromatic N) is 2. The molecule has 2 aromatic heterocycles. The van der Waals surface area contributed by atoms with Crippen LogP contribution in [0.15, 0.2) is 22.9 Å². The lowest BCUT2D eigenvalue weighted by molar-refractivity contribution is -0.145. The predicted octanol–water partition coefficient (Wildman–Crippen LogP) is 4.10. The van der Waals surface area contributed by atoms with Crippen molar-refractivity contribution in [2.24, 2.45) is 5.92 Å². The van der Waals surface area contributed by atoms with Gasteiger partial charge in [-0.05, 0) is 19.3 Å². The van der Waals surface area contributed by atoms with Crippen molar-refractivity contribution in [3.63, 3.8) is 0 Å². The summed E-state index contributed by atoms with van der Waals surface area (Å²) in [5.41, 5.74) is 0.997. The molecule has 0 aliphatic rings. The summed E-state index contributed by atoms with van der Waals surface area (Å²) in [4.78, 5) is 44.6. The van der Waals surface area contributed by atoms with E-state index in [4.69, 9.17) is 4.74 Å². The van der Waals surface area contributed by atoms with Gasteiger partial charge in [0.05, 0.1) is 5.01 Å². The van der Waals surface area contributed by atoms with Gasteiger partial charge in [-0.2, -0.15) is 0 Å².